The van der Waals surface area contributed by atoms with Crippen molar-refractivity contribution in [2.75, 3.05) is 26.7 Å². The zero-order valence-corrected chi connectivity index (χ0v) is 11.7. The predicted octanol–water partition coefficient (Wildman–Crippen LogP) is 1.40. The zero-order valence-electron chi connectivity index (χ0n) is 11.7. The Kier molecular flexibility index (Phi) is 5.01. The van der Waals surface area contributed by atoms with Gasteiger partial charge in [0.2, 0.25) is 0 Å². The van der Waals surface area contributed by atoms with Crippen molar-refractivity contribution in [1.82, 2.24) is 10.2 Å². The Morgan fingerprint density at radius 3 is 2.72 bits per heavy atom. The van der Waals surface area contributed by atoms with E-state index in [2.05, 4.69) is 17.1 Å². The van der Waals surface area contributed by atoms with Crippen LogP contribution in [0, 0.1) is 5.92 Å². The minimum atomic E-state index is -0.0642. The maximum absolute atomic E-state index is 11.4. The molecule has 2 rings (SSSR count). The van der Waals surface area contributed by atoms with Gasteiger partial charge in [0.25, 0.3) is 0 Å². The van der Waals surface area contributed by atoms with Gasteiger partial charge >= 0.3 is 5.97 Å². The van der Waals surface area contributed by atoms with Crippen LogP contribution >= 0.6 is 0 Å². The van der Waals surface area contributed by atoms with E-state index in [0.717, 1.165) is 32.1 Å². The third-order valence-electron chi connectivity index (χ3n) is 4.33. The van der Waals surface area contributed by atoms with Gasteiger partial charge in [-0.1, -0.05) is 13.3 Å². The first-order chi connectivity index (χ1) is 8.72. The van der Waals surface area contributed by atoms with Crippen molar-refractivity contribution >= 4 is 5.97 Å². The second kappa shape index (κ2) is 6.53. The number of piperidine rings is 1. The fourth-order valence-electron chi connectivity index (χ4n) is 3.19. The summed E-state index contributed by atoms with van der Waals surface area (Å²) >= 11 is 0. The van der Waals surface area contributed by atoms with Gasteiger partial charge in [-0.25, -0.2) is 0 Å². The fourth-order valence-corrected chi connectivity index (χ4v) is 3.19. The molecule has 0 aromatic rings. The van der Waals surface area contributed by atoms with E-state index in [1.54, 1.807) is 0 Å². The number of carbonyl (C=O) groups excluding carboxylic acids is 1. The van der Waals surface area contributed by atoms with Crippen LogP contribution in [0.4, 0.5) is 0 Å². The third kappa shape index (κ3) is 3.45. The molecule has 4 nitrogen and oxygen atoms in total. The summed E-state index contributed by atoms with van der Waals surface area (Å²) < 4.78 is 4.81. The molecular weight excluding hydrogens is 228 g/mol. The number of likely N-dealkylation sites (N-methyl/N-ethyl adjacent to an activating group) is 1. The highest BCUT2D eigenvalue weighted by molar-refractivity contribution is 5.69. The average molecular weight is 254 g/mol. The van der Waals surface area contributed by atoms with E-state index < -0.39 is 0 Å². The van der Waals surface area contributed by atoms with Crippen LogP contribution in [0.3, 0.4) is 0 Å². The summed E-state index contributed by atoms with van der Waals surface area (Å²) in [5.41, 5.74) is 0. The monoisotopic (exact) mass is 254 g/mol. The smallest absolute Gasteiger partial charge is 0.305 e. The van der Waals surface area contributed by atoms with E-state index in [-0.39, 0.29) is 5.97 Å². The summed E-state index contributed by atoms with van der Waals surface area (Å²) in [5.74, 6) is 0.390. The maximum Gasteiger partial charge on any atom is 0.305 e. The van der Waals surface area contributed by atoms with Gasteiger partial charge in [0.05, 0.1) is 7.11 Å². The molecule has 2 aliphatic rings. The standard InChI is InChI=1S/C14H26N2O2/c1-3-15-12-7-11(8-14(17)18-2)9-16(10-12)13-5-4-6-13/h11-13,15H,3-10H2,1-2H3. The molecule has 0 spiro atoms. The number of nitrogens with one attached hydrogen (secondary N) is 1. The Bertz CT molecular complexity index is 279. The van der Waals surface area contributed by atoms with Crippen LogP contribution < -0.4 is 5.32 Å². The van der Waals surface area contributed by atoms with Gasteiger partial charge in [-0.05, 0) is 31.7 Å². The van der Waals surface area contributed by atoms with Crippen molar-refractivity contribution in [3.05, 3.63) is 0 Å². The number of ether oxygens (including phenoxy) is 1. The molecule has 0 amide bonds. The minimum absolute atomic E-state index is 0.0642. The molecule has 0 aromatic carbocycles. The van der Waals surface area contributed by atoms with Crippen LogP contribution in [0.5, 0.6) is 0 Å². The van der Waals surface area contributed by atoms with E-state index in [1.165, 1.54) is 26.4 Å². The van der Waals surface area contributed by atoms with E-state index in [1.807, 2.05) is 0 Å². The lowest BCUT2D eigenvalue weighted by Crippen LogP contribution is -2.54. The van der Waals surface area contributed by atoms with Crippen molar-refractivity contribution in [3.8, 4) is 0 Å². The summed E-state index contributed by atoms with van der Waals surface area (Å²) in [7, 11) is 1.48. The van der Waals surface area contributed by atoms with Gasteiger partial charge in [-0.15, -0.1) is 0 Å². The lowest BCUT2D eigenvalue weighted by atomic mass is 9.85. The van der Waals surface area contributed by atoms with Gasteiger partial charge in [0.15, 0.2) is 0 Å². The molecule has 1 aliphatic heterocycles. The molecule has 0 bridgehead atoms. The Morgan fingerprint density at radius 2 is 2.17 bits per heavy atom. The summed E-state index contributed by atoms with van der Waals surface area (Å²) in [4.78, 5) is 14.0. The highest BCUT2D eigenvalue weighted by Crippen LogP contribution is 2.30. The molecule has 2 atom stereocenters. The van der Waals surface area contributed by atoms with Crippen molar-refractivity contribution < 1.29 is 9.53 Å². The van der Waals surface area contributed by atoms with Gasteiger partial charge < -0.3 is 10.1 Å². The second-order valence-corrected chi connectivity index (χ2v) is 5.68. The summed E-state index contributed by atoms with van der Waals surface area (Å²) in [6.45, 7) is 5.38. The van der Waals surface area contributed by atoms with Crippen LogP contribution in [-0.2, 0) is 9.53 Å². The van der Waals surface area contributed by atoms with Gasteiger partial charge in [0, 0.05) is 31.6 Å². The van der Waals surface area contributed by atoms with Crippen molar-refractivity contribution in [2.45, 2.75) is 51.1 Å². The van der Waals surface area contributed by atoms with Crippen molar-refractivity contribution in [3.63, 3.8) is 0 Å². The number of likely N-dealkylation sites (tertiary alicyclic amines) is 1. The molecule has 2 fully saturated rings. The lowest BCUT2D eigenvalue weighted by molar-refractivity contribution is -0.142. The van der Waals surface area contributed by atoms with Crippen LogP contribution in [0.1, 0.15) is 39.0 Å². The van der Waals surface area contributed by atoms with Crippen molar-refractivity contribution in [1.29, 1.82) is 0 Å². The third-order valence-corrected chi connectivity index (χ3v) is 4.33. The van der Waals surface area contributed by atoms with E-state index >= 15 is 0 Å². The molecule has 1 N–H and O–H groups in total. The van der Waals surface area contributed by atoms with Crippen LogP contribution in [0.2, 0.25) is 0 Å². The molecular formula is C14H26N2O2. The summed E-state index contributed by atoms with van der Waals surface area (Å²) in [5, 5.41) is 3.54. The number of methoxy groups -OCH3 is 1. The molecule has 18 heavy (non-hydrogen) atoms. The molecule has 1 heterocycles. The number of hydrogen-bond acceptors (Lipinski definition) is 4. The van der Waals surface area contributed by atoms with Crippen LogP contribution in [0.15, 0.2) is 0 Å². The first kappa shape index (κ1) is 13.8. The van der Waals surface area contributed by atoms with Crippen LogP contribution in [0.25, 0.3) is 0 Å². The summed E-state index contributed by atoms with van der Waals surface area (Å²) in [6, 6.07) is 1.31. The predicted molar refractivity (Wildman–Crippen MR) is 71.4 cm³/mol. The second-order valence-electron chi connectivity index (χ2n) is 5.68. The Hall–Kier alpha value is -0.610. The molecule has 2 unspecified atom stereocenters. The Balaban J connectivity index is 1.90. The quantitative estimate of drug-likeness (QED) is 0.753. The van der Waals surface area contributed by atoms with E-state index in [9.17, 15) is 4.79 Å². The first-order valence-corrected chi connectivity index (χ1v) is 7.27. The highest BCUT2D eigenvalue weighted by Gasteiger charge is 2.34. The van der Waals surface area contributed by atoms with Gasteiger partial charge in [0.1, 0.15) is 0 Å². The lowest BCUT2D eigenvalue weighted by Gasteiger charge is -2.45. The highest BCUT2D eigenvalue weighted by atomic mass is 16.5. The molecule has 1 saturated heterocycles. The number of nitrogens with zero attached hydrogens (tertiary/aromatic N) is 1. The van der Waals surface area contributed by atoms with E-state index in [0.29, 0.717) is 18.4 Å². The molecule has 4 heteroatoms. The zero-order chi connectivity index (χ0) is 13.0. The van der Waals surface area contributed by atoms with Crippen LogP contribution in [-0.4, -0.2) is 49.7 Å². The number of esters is 1. The van der Waals surface area contributed by atoms with E-state index in [4.69, 9.17) is 4.74 Å². The molecule has 1 aliphatic carbocycles. The minimum Gasteiger partial charge on any atom is -0.469 e. The fraction of sp³-hybridized carbons (Fsp3) is 0.929. The van der Waals surface area contributed by atoms with Gasteiger partial charge in [-0.3, -0.25) is 9.69 Å². The summed E-state index contributed by atoms with van der Waals surface area (Å²) in [6.07, 6.45) is 5.72. The molecule has 0 radical (unpaired) electrons. The first-order valence-electron chi connectivity index (χ1n) is 7.27. The van der Waals surface area contributed by atoms with Gasteiger partial charge in [-0.2, -0.15) is 0 Å². The Morgan fingerprint density at radius 1 is 1.39 bits per heavy atom. The topological polar surface area (TPSA) is 41.6 Å². The number of carbonyl (C=O) groups is 1. The maximum atomic E-state index is 11.4. The average Bonchev–Trinajstić information content (AvgIpc) is 2.26. The molecule has 104 valence electrons. The normalized spacial score (nSPS) is 29.9. The number of hydrogen-bond donors (Lipinski definition) is 1. The SMILES string of the molecule is CCNC1CC(CC(=O)OC)CN(C2CCC2)C1. The van der Waals surface area contributed by atoms with Crippen molar-refractivity contribution in [2.24, 2.45) is 5.92 Å². The molecule has 0 aromatic heterocycles. The number of rotatable bonds is 5. The molecule has 1 saturated carbocycles. The largest absolute Gasteiger partial charge is 0.469 e. The Labute approximate surface area is 110 Å².